The van der Waals surface area contributed by atoms with Crippen LogP contribution >= 0.6 is 11.6 Å². The average Bonchev–Trinajstić information content (AvgIpc) is 2.79. The van der Waals surface area contributed by atoms with Crippen molar-refractivity contribution in [2.45, 2.75) is 6.54 Å². The molecule has 3 amide bonds. The van der Waals surface area contributed by atoms with Crippen LogP contribution in [0.3, 0.4) is 0 Å². The molecule has 4 nitrogen and oxygen atoms in total. The first-order valence-electron chi connectivity index (χ1n) is 6.89. The maximum absolute atomic E-state index is 13.7. The summed E-state index contributed by atoms with van der Waals surface area (Å²) in [5.41, 5.74) is 1.000. The molecule has 1 heterocycles. The number of urea groups is 1. The summed E-state index contributed by atoms with van der Waals surface area (Å²) in [4.78, 5) is 25.3. The molecule has 0 atom stereocenters. The Labute approximate surface area is 137 Å². The van der Waals surface area contributed by atoms with Crippen molar-refractivity contribution in [2.75, 3.05) is 0 Å². The topological polar surface area (TPSA) is 49.4 Å². The van der Waals surface area contributed by atoms with Crippen molar-refractivity contribution in [3.05, 3.63) is 76.2 Å². The van der Waals surface area contributed by atoms with Gasteiger partial charge in [-0.15, -0.1) is 0 Å². The van der Waals surface area contributed by atoms with Crippen molar-refractivity contribution in [1.82, 2.24) is 10.2 Å². The van der Waals surface area contributed by atoms with Gasteiger partial charge in [0, 0.05) is 10.6 Å². The van der Waals surface area contributed by atoms with Gasteiger partial charge in [-0.25, -0.2) is 9.18 Å². The van der Waals surface area contributed by atoms with Gasteiger partial charge in [-0.05, 0) is 23.8 Å². The summed E-state index contributed by atoms with van der Waals surface area (Å²) < 4.78 is 13.7. The van der Waals surface area contributed by atoms with E-state index >= 15 is 0 Å². The lowest BCUT2D eigenvalue weighted by atomic mass is 10.2. The van der Waals surface area contributed by atoms with Gasteiger partial charge in [-0.3, -0.25) is 9.69 Å². The molecule has 2 aromatic rings. The molecule has 1 fully saturated rings. The van der Waals surface area contributed by atoms with E-state index < -0.39 is 17.8 Å². The second-order valence-electron chi connectivity index (χ2n) is 4.99. The Hall–Kier alpha value is -2.66. The second kappa shape index (κ2) is 6.22. The van der Waals surface area contributed by atoms with E-state index in [1.165, 1.54) is 18.2 Å². The third-order valence-corrected chi connectivity index (χ3v) is 3.80. The number of imide groups is 1. The van der Waals surface area contributed by atoms with Crippen LogP contribution in [-0.4, -0.2) is 16.8 Å². The van der Waals surface area contributed by atoms with Crippen molar-refractivity contribution < 1.29 is 14.0 Å². The lowest BCUT2D eigenvalue weighted by molar-refractivity contribution is -0.123. The summed E-state index contributed by atoms with van der Waals surface area (Å²) in [5, 5.41) is 2.95. The lowest BCUT2D eigenvalue weighted by Gasteiger charge is -2.12. The number of carbonyl (C=O) groups excluding carboxylic acids is 2. The fraction of sp³-hybridized carbons (Fsp3) is 0.0588. The summed E-state index contributed by atoms with van der Waals surface area (Å²) >= 11 is 6.04. The minimum absolute atomic E-state index is 0.111. The van der Waals surface area contributed by atoms with E-state index in [1.54, 1.807) is 36.4 Å². The summed E-state index contributed by atoms with van der Waals surface area (Å²) in [5.74, 6) is -0.977. The van der Waals surface area contributed by atoms with Crippen LogP contribution in [0.15, 0.2) is 54.2 Å². The zero-order valence-electron chi connectivity index (χ0n) is 11.9. The summed E-state index contributed by atoms with van der Waals surface area (Å²) in [7, 11) is 0. The van der Waals surface area contributed by atoms with Crippen LogP contribution in [-0.2, 0) is 11.3 Å². The number of hydrogen-bond acceptors (Lipinski definition) is 2. The van der Waals surface area contributed by atoms with E-state index in [1.807, 2.05) is 0 Å². The zero-order valence-corrected chi connectivity index (χ0v) is 12.7. The van der Waals surface area contributed by atoms with Gasteiger partial charge in [-0.2, -0.15) is 0 Å². The molecule has 0 aromatic heterocycles. The highest BCUT2D eigenvalue weighted by atomic mass is 35.5. The van der Waals surface area contributed by atoms with Gasteiger partial charge in [0.2, 0.25) is 0 Å². The molecule has 0 spiro atoms. The summed E-state index contributed by atoms with van der Waals surface area (Å²) in [6.07, 6.45) is 1.50. The first-order valence-corrected chi connectivity index (χ1v) is 7.26. The fourth-order valence-corrected chi connectivity index (χ4v) is 2.45. The summed E-state index contributed by atoms with van der Waals surface area (Å²) in [6, 6.07) is 12.4. The van der Waals surface area contributed by atoms with Crippen LogP contribution in [0.25, 0.3) is 6.08 Å². The molecule has 0 radical (unpaired) electrons. The number of amides is 3. The Balaban J connectivity index is 1.86. The van der Waals surface area contributed by atoms with Crippen LogP contribution in [0.2, 0.25) is 5.02 Å². The molecule has 0 bridgehead atoms. The van der Waals surface area contributed by atoms with Gasteiger partial charge in [0.05, 0.1) is 6.54 Å². The molecular formula is C17H12ClFN2O2. The number of rotatable bonds is 3. The van der Waals surface area contributed by atoms with Crippen molar-refractivity contribution in [3.8, 4) is 0 Å². The van der Waals surface area contributed by atoms with E-state index in [9.17, 15) is 14.0 Å². The minimum atomic E-state index is -0.587. The van der Waals surface area contributed by atoms with Gasteiger partial charge in [0.25, 0.3) is 5.91 Å². The van der Waals surface area contributed by atoms with E-state index in [-0.39, 0.29) is 17.8 Å². The van der Waals surface area contributed by atoms with Crippen LogP contribution < -0.4 is 5.32 Å². The van der Waals surface area contributed by atoms with Crippen molar-refractivity contribution in [2.24, 2.45) is 0 Å². The zero-order chi connectivity index (χ0) is 16.4. The predicted octanol–water partition coefficient (Wildman–Crippen LogP) is 3.57. The number of halogens is 2. The molecular weight excluding hydrogens is 319 g/mol. The number of nitrogens with zero attached hydrogens (tertiary/aromatic N) is 1. The van der Waals surface area contributed by atoms with E-state index in [0.29, 0.717) is 10.6 Å². The quantitative estimate of drug-likeness (QED) is 0.691. The highest BCUT2D eigenvalue weighted by molar-refractivity contribution is 6.32. The Morgan fingerprint density at radius 2 is 1.78 bits per heavy atom. The normalized spacial score (nSPS) is 16.1. The number of benzene rings is 2. The first kappa shape index (κ1) is 15.2. The first-order chi connectivity index (χ1) is 11.1. The molecule has 23 heavy (non-hydrogen) atoms. The van der Waals surface area contributed by atoms with Crippen LogP contribution in [0.5, 0.6) is 0 Å². The molecule has 1 aliphatic rings. The van der Waals surface area contributed by atoms with Crippen molar-refractivity contribution >= 4 is 29.6 Å². The smallest absolute Gasteiger partial charge is 0.303 e. The van der Waals surface area contributed by atoms with Gasteiger partial charge in [0.15, 0.2) is 0 Å². The average molecular weight is 331 g/mol. The van der Waals surface area contributed by atoms with E-state index in [0.717, 1.165) is 4.90 Å². The van der Waals surface area contributed by atoms with Crippen LogP contribution in [0.1, 0.15) is 11.1 Å². The third kappa shape index (κ3) is 3.10. The highest BCUT2D eigenvalue weighted by Crippen LogP contribution is 2.21. The van der Waals surface area contributed by atoms with Crippen molar-refractivity contribution in [1.29, 1.82) is 0 Å². The highest BCUT2D eigenvalue weighted by Gasteiger charge is 2.34. The molecule has 0 saturated carbocycles. The number of carbonyl (C=O) groups is 2. The van der Waals surface area contributed by atoms with Crippen LogP contribution in [0, 0.1) is 5.82 Å². The van der Waals surface area contributed by atoms with E-state index in [2.05, 4.69) is 5.32 Å². The maximum Gasteiger partial charge on any atom is 0.329 e. The molecule has 1 N–H and O–H groups in total. The molecule has 3 rings (SSSR count). The third-order valence-electron chi connectivity index (χ3n) is 3.45. The van der Waals surface area contributed by atoms with Gasteiger partial charge >= 0.3 is 6.03 Å². The Bertz CT molecular complexity index is 820. The molecule has 6 heteroatoms. The molecule has 0 aliphatic carbocycles. The summed E-state index contributed by atoms with van der Waals surface area (Å²) in [6.45, 7) is -0.128. The monoisotopic (exact) mass is 330 g/mol. The number of nitrogens with one attached hydrogen (secondary N) is 1. The van der Waals surface area contributed by atoms with E-state index in [4.69, 9.17) is 11.6 Å². The predicted molar refractivity (Wildman–Crippen MR) is 84.9 cm³/mol. The maximum atomic E-state index is 13.7. The Morgan fingerprint density at radius 1 is 1.09 bits per heavy atom. The van der Waals surface area contributed by atoms with Crippen molar-refractivity contribution in [3.63, 3.8) is 0 Å². The standard InChI is InChI=1S/C17H12ClFN2O2/c18-13-7-3-1-5-11(13)9-15-16(22)21(17(23)20-15)10-12-6-2-4-8-14(12)19/h1-9H,10H2,(H,20,23)/b15-9+. The lowest BCUT2D eigenvalue weighted by Crippen LogP contribution is -2.30. The van der Waals surface area contributed by atoms with Gasteiger partial charge in [0.1, 0.15) is 11.5 Å². The molecule has 1 aliphatic heterocycles. The molecule has 0 unspecified atom stereocenters. The van der Waals surface area contributed by atoms with Gasteiger partial charge in [-0.1, -0.05) is 48.0 Å². The number of hydrogen-bond donors (Lipinski definition) is 1. The second-order valence-corrected chi connectivity index (χ2v) is 5.40. The minimum Gasteiger partial charge on any atom is -0.303 e. The molecule has 2 aromatic carbocycles. The SMILES string of the molecule is O=C1N/C(=C/c2ccccc2Cl)C(=O)N1Cc1ccccc1F. The fourth-order valence-electron chi connectivity index (χ4n) is 2.26. The largest absolute Gasteiger partial charge is 0.329 e. The Morgan fingerprint density at radius 3 is 2.52 bits per heavy atom. The van der Waals surface area contributed by atoms with Gasteiger partial charge < -0.3 is 5.32 Å². The molecule has 116 valence electrons. The molecule has 1 saturated heterocycles. The van der Waals surface area contributed by atoms with Crippen LogP contribution in [0.4, 0.5) is 9.18 Å². The Kier molecular flexibility index (Phi) is 4.12.